The molecule has 0 atom stereocenters. The highest BCUT2D eigenvalue weighted by Gasteiger charge is 2.22. The van der Waals surface area contributed by atoms with Gasteiger partial charge in [-0.25, -0.2) is 9.37 Å². The fourth-order valence-electron chi connectivity index (χ4n) is 1.66. The van der Waals surface area contributed by atoms with E-state index in [2.05, 4.69) is 15.3 Å². The van der Waals surface area contributed by atoms with Crippen molar-refractivity contribution in [1.29, 1.82) is 5.26 Å². The van der Waals surface area contributed by atoms with Crippen LogP contribution < -0.4 is 10.1 Å². The molecule has 0 aliphatic rings. The second-order valence-electron chi connectivity index (χ2n) is 5.49. The number of benzene rings is 1. The zero-order valence-corrected chi connectivity index (χ0v) is 13.0. The van der Waals surface area contributed by atoms with Gasteiger partial charge in [0.1, 0.15) is 17.7 Å². The molecule has 0 bridgehead atoms. The molecule has 1 aromatic carbocycles. The molecule has 0 amide bonds. The summed E-state index contributed by atoms with van der Waals surface area (Å²) in [6.07, 6.45) is 1.79. The Bertz CT molecular complexity index is 756. The Morgan fingerprint density at radius 2 is 2.04 bits per heavy atom. The van der Waals surface area contributed by atoms with Crippen LogP contribution in [0.15, 0.2) is 24.5 Å². The number of nitrogens with zero attached hydrogens (tertiary/aromatic N) is 3. The first-order valence-corrected chi connectivity index (χ1v) is 7.02. The van der Waals surface area contributed by atoms with Gasteiger partial charge in [-0.15, -0.1) is 0 Å². The van der Waals surface area contributed by atoms with Crippen molar-refractivity contribution >= 4 is 11.5 Å². The molecular formula is C16H16F2N4O. The van der Waals surface area contributed by atoms with Crippen LogP contribution in [0.1, 0.15) is 32.8 Å². The molecule has 0 fully saturated rings. The Morgan fingerprint density at radius 3 is 2.65 bits per heavy atom. The first kappa shape index (κ1) is 16.6. The van der Waals surface area contributed by atoms with Crippen LogP contribution in [-0.4, -0.2) is 15.6 Å². The minimum absolute atomic E-state index is 0.00213. The van der Waals surface area contributed by atoms with Crippen LogP contribution in [-0.2, 0) is 0 Å². The zero-order chi connectivity index (χ0) is 17.0. The highest BCUT2D eigenvalue weighted by atomic mass is 19.1. The third-order valence-electron chi connectivity index (χ3n) is 3.33. The van der Waals surface area contributed by atoms with Gasteiger partial charge in [-0.3, -0.25) is 0 Å². The van der Waals surface area contributed by atoms with Crippen molar-refractivity contribution in [2.24, 2.45) is 0 Å². The molecule has 0 saturated heterocycles. The summed E-state index contributed by atoms with van der Waals surface area (Å²) >= 11 is 0. The molecule has 23 heavy (non-hydrogen) atoms. The first-order chi connectivity index (χ1) is 10.9. The molecule has 1 aromatic heterocycles. The van der Waals surface area contributed by atoms with Crippen molar-refractivity contribution in [2.75, 3.05) is 5.32 Å². The van der Waals surface area contributed by atoms with Gasteiger partial charge in [-0.05, 0) is 38.5 Å². The Hall–Kier alpha value is -2.75. The van der Waals surface area contributed by atoms with E-state index < -0.39 is 17.2 Å². The minimum Gasteiger partial charge on any atom is -0.469 e. The SMILES string of the molecule is CCC(C)(C)Oc1ncnc(Nc2ccc(C#N)cc2F)c1F. The quantitative estimate of drug-likeness (QED) is 0.904. The van der Waals surface area contributed by atoms with Gasteiger partial charge in [0.15, 0.2) is 5.82 Å². The van der Waals surface area contributed by atoms with E-state index in [1.807, 2.05) is 26.8 Å². The Balaban J connectivity index is 2.30. The van der Waals surface area contributed by atoms with Crippen LogP contribution in [0.2, 0.25) is 0 Å². The third-order valence-corrected chi connectivity index (χ3v) is 3.33. The number of aromatic nitrogens is 2. The second-order valence-corrected chi connectivity index (χ2v) is 5.49. The van der Waals surface area contributed by atoms with E-state index >= 15 is 0 Å². The number of nitriles is 1. The number of anilines is 2. The van der Waals surface area contributed by atoms with Crippen LogP contribution >= 0.6 is 0 Å². The third kappa shape index (κ3) is 3.92. The van der Waals surface area contributed by atoms with Gasteiger partial charge in [0.25, 0.3) is 5.88 Å². The molecule has 0 radical (unpaired) electrons. The molecule has 2 rings (SSSR count). The van der Waals surface area contributed by atoms with Gasteiger partial charge in [0.2, 0.25) is 5.82 Å². The maximum absolute atomic E-state index is 14.4. The van der Waals surface area contributed by atoms with E-state index in [0.717, 1.165) is 12.4 Å². The van der Waals surface area contributed by atoms with Crippen LogP contribution in [0.4, 0.5) is 20.3 Å². The summed E-state index contributed by atoms with van der Waals surface area (Å²) in [4.78, 5) is 7.54. The van der Waals surface area contributed by atoms with Gasteiger partial charge in [0, 0.05) is 0 Å². The summed E-state index contributed by atoms with van der Waals surface area (Å²) in [7, 11) is 0. The number of nitrogens with one attached hydrogen (secondary N) is 1. The molecule has 120 valence electrons. The molecule has 0 spiro atoms. The van der Waals surface area contributed by atoms with E-state index in [0.29, 0.717) is 6.42 Å². The maximum atomic E-state index is 14.4. The fraction of sp³-hybridized carbons (Fsp3) is 0.312. The molecule has 2 aromatic rings. The number of hydrogen-bond acceptors (Lipinski definition) is 5. The largest absolute Gasteiger partial charge is 0.469 e. The van der Waals surface area contributed by atoms with Gasteiger partial charge in [-0.2, -0.15) is 14.6 Å². The maximum Gasteiger partial charge on any atom is 0.256 e. The van der Waals surface area contributed by atoms with Crippen molar-refractivity contribution in [3.05, 3.63) is 41.7 Å². The summed E-state index contributed by atoms with van der Waals surface area (Å²) in [5.74, 6) is -1.90. The molecule has 7 heteroatoms. The normalized spacial score (nSPS) is 11.0. The highest BCUT2D eigenvalue weighted by molar-refractivity contribution is 5.59. The average molecular weight is 318 g/mol. The number of ether oxygens (including phenoxy) is 1. The molecular weight excluding hydrogens is 302 g/mol. The van der Waals surface area contributed by atoms with Crippen molar-refractivity contribution in [3.63, 3.8) is 0 Å². The molecule has 1 N–H and O–H groups in total. The smallest absolute Gasteiger partial charge is 0.256 e. The van der Waals surface area contributed by atoms with E-state index in [1.165, 1.54) is 12.1 Å². The lowest BCUT2D eigenvalue weighted by Crippen LogP contribution is -2.28. The fourth-order valence-corrected chi connectivity index (χ4v) is 1.66. The lowest BCUT2D eigenvalue weighted by atomic mass is 10.1. The van der Waals surface area contributed by atoms with Crippen LogP contribution in [0, 0.1) is 23.0 Å². The summed E-state index contributed by atoms with van der Waals surface area (Å²) in [6.45, 7) is 5.52. The molecule has 0 aliphatic heterocycles. The number of rotatable bonds is 5. The van der Waals surface area contributed by atoms with Gasteiger partial charge in [0.05, 0.1) is 17.3 Å². The summed E-state index contributed by atoms with van der Waals surface area (Å²) in [5.41, 5.74) is -0.418. The monoisotopic (exact) mass is 318 g/mol. The Kier molecular flexibility index (Phi) is 4.74. The minimum atomic E-state index is -0.808. The first-order valence-electron chi connectivity index (χ1n) is 7.02. The summed E-state index contributed by atoms with van der Waals surface area (Å²) < 4.78 is 33.8. The van der Waals surface area contributed by atoms with E-state index in [9.17, 15) is 8.78 Å². The summed E-state index contributed by atoms with van der Waals surface area (Å²) in [6, 6.07) is 5.64. The average Bonchev–Trinajstić information content (AvgIpc) is 2.52. The second kappa shape index (κ2) is 6.57. The van der Waals surface area contributed by atoms with Crippen molar-refractivity contribution in [2.45, 2.75) is 32.8 Å². The highest BCUT2D eigenvalue weighted by Crippen LogP contribution is 2.27. The molecule has 1 heterocycles. The molecule has 5 nitrogen and oxygen atoms in total. The van der Waals surface area contributed by atoms with E-state index in [4.69, 9.17) is 10.00 Å². The Labute approximate surface area is 133 Å². The van der Waals surface area contributed by atoms with Crippen molar-refractivity contribution < 1.29 is 13.5 Å². The zero-order valence-electron chi connectivity index (χ0n) is 13.0. The van der Waals surface area contributed by atoms with Crippen molar-refractivity contribution in [1.82, 2.24) is 9.97 Å². The lowest BCUT2D eigenvalue weighted by Gasteiger charge is -2.24. The standard InChI is InChI=1S/C16H16F2N4O/c1-4-16(2,3)23-15-13(18)14(20-9-21-15)22-12-6-5-10(8-19)7-11(12)17/h5-7,9H,4H2,1-3H3,(H,20,21,22). The van der Waals surface area contributed by atoms with Gasteiger partial charge >= 0.3 is 0 Å². The molecule has 0 aliphatic carbocycles. The van der Waals surface area contributed by atoms with Crippen molar-refractivity contribution in [3.8, 4) is 11.9 Å². The molecule has 0 saturated carbocycles. The Morgan fingerprint density at radius 1 is 1.30 bits per heavy atom. The van der Waals surface area contributed by atoms with Gasteiger partial charge in [-0.1, -0.05) is 6.92 Å². The lowest BCUT2D eigenvalue weighted by molar-refractivity contribution is 0.0929. The predicted octanol–water partition coefficient (Wildman–Crippen LogP) is 3.94. The van der Waals surface area contributed by atoms with E-state index in [-0.39, 0.29) is 22.9 Å². The number of halogens is 2. The number of hydrogen-bond donors (Lipinski definition) is 1. The molecule has 0 unspecified atom stereocenters. The predicted molar refractivity (Wildman–Crippen MR) is 81.4 cm³/mol. The topological polar surface area (TPSA) is 70.8 Å². The van der Waals surface area contributed by atoms with Crippen LogP contribution in [0.25, 0.3) is 0 Å². The summed E-state index contributed by atoms with van der Waals surface area (Å²) in [5, 5.41) is 11.3. The van der Waals surface area contributed by atoms with E-state index in [1.54, 1.807) is 0 Å². The van der Waals surface area contributed by atoms with Crippen LogP contribution in [0.5, 0.6) is 5.88 Å². The van der Waals surface area contributed by atoms with Crippen LogP contribution in [0.3, 0.4) is 0 Å². The van der Waals surface area contributed by atoms with Gasteiger partial charge < -0.3 is 10.1 Å².